The van der Waals surface area contributed by atoms with Crippen LogP contribution in [0.1, 0.15) is 65.2 Å². The van der Waals surface area contributed by atoms with Gasteiger partial charge in [0, 0.05) is 35.9 Å². The Morgan fingerprint density at radius 3 is 2.64 bits per heavy atom. The second kappa shape index (κ2) is 11.2. The number of benzene rings is 2. The van der Waals surface area contributed by atoms with Crippen LogP contribution in [0.25, 0.3) is 11.5 Å². The van der Waals surface area contributed by atoms with Gasteiger partial charge in [-0.2, -0.15) is 0 Å². The molecule has 3 aliphatic rings. The van der Waals surface area contributed by atoms with E-state index in [1.54, 1.807) is 19.1 Å². The molecule has 7 rings (SSSR count). The molecule has 230 valence electrons. The lowest BCUT2D eigenvalue weighted by atomic mass is 9.88. The van der Waals surface area contributed by atoms with Gasteiger partial charge in [0.25, 0.3) is 5.79 Å². The van der Waals surface area contributed by atoms with Crippen LogP contribution in [0.2, 0.25) is 5.02 Å². The van der Waals surface area contributed by atoms with Gasteiger partial charge in [-0.3, -0.25) is 4.90 Å². The van der Waals surface area contributed by atoms with E-state index >= 15 is 0 Å². The molecule has 2 fully saturated rings. The molecule has 3 aliphatic heterocycles. The van der Waals surface area contributed by atoms with Crippen molar-refractivity contribution in [1.82, 2.24) is 19.6 Å². The lowest BCUT2D eigenvalue weighted by Gasteiger charge is -2.33. The monoisotopic (exact) mass is 622 g/mol. The zero-order chi connectivity index (χ0) is 30.6. The summed E-state index contributed by atoms with van der Waals surface area (Å²) in [6, 6.07) is 11.8. The molecule has 10 nitrogen and oxygen atoms in total. The second-order valence-corrected chi connectivity index (χ2v) is 12.2. The fourth-order valence-corrected chi connectivity index (χ4v) is 6.51. The van der Waals surface area contributed by atoms with Crippen LogP contribution in [-0.2, 0) is 23.6 Å². The predicted molar refractivity (Wildman–Crippen MR) is 157 cm³/mol. The third-order valence-corrected chi connectivity index (χ3v) is 9.10. The van der Waals surface area contributed by atoms with Crippen molar-refractivity contribution in [1.29, 1.82) is 0 Å². The SMILES string of the molecule is Cc1c(-c2cc(C(=O)O)no2)nc(CN2CCC(c3cccc4c3OC(C)(c3ccc(Cl)cc3F)O4)CC2)n1CC1CCO1. The van der Waals surface area contributed by atoms with E-state index in [-0.39, 0.29) is 17.7 Å². The molecule has 0 aliphatic carbocycles. The van der Waals surface area contributed by atoms with Crippen LogP contribution in [0, 0.1) is 12.7 Å². The van der Waals surface area contributed by atoms with Crippen molar-refractivity contribution in [2.45, 2.75) is 64.0 Å². The summed E-state index contributed by atoms with van der Waals surface area (Å²) < 4.78 is 40.6. The number of aromatic nitrogens is 3. The number of carbonyl (C=O) groups is 1. The normalized spacial score (nSPS) is 21.9. The first-order chi connectivity index (χ1) is 21.2. The quantitative estimate of drug-likeness (QED) is 0.247. The van der Waals surface area contributed by atoms with Gasteiger partial charge >= 0.3 is 5.97 Å². The van der Waals surface area contributed by atoms with E-state index in [0.29, 0.717) is 46.6 Å². The molecule has 1 N–H and O–H groups in total. The standard InChI is InChI=1S/C32H32ClFN4O6/c1-18-29(27-15-25(31(39)40)36-44-27)35-28(38(18)16-21-10-13-41-21)17-37-11-8-19(9-12-37)22-4-3-5-26-30(22)43-32(2,42-26)23-7-6-20(33)14-24(23)34/h3-7,14-15,19,21H,8-13,16-17H2,1-2H3,(H,39,40). The van der Waals surface area contributed by atoms with E-state index < -0.39 is 17.6 Å². The number of para-hydroxylation sites is 1. The van der Waals surface area contributed by atoms with Gasteiger partial charge in [-0.05, 0) is 69.5 Å². The molecule has 0 radical (unpaired) electrons. The Labute approximate surface area is 258 Å². The zero-order valence-electron chi connectivity index (χ0n) is 24.4. The molecule has 2 atom stereocenters. The molecular formula is C32H32ClFN4O6. The molecule has 2 unspecified atom stereocenters. The van der Waals surface area contributed by atoms with Crippen LogP contribution < -0.4 is 9.47 Å². The average Bonchev–Trinajstić information content (AvgIpc) is 3.67. The smallest absolute Gasteiger partial charge is 0.358 e. The summed E-state index contributed by atoms with van der Waals surface area (Å²) in [5, 5.41) is 13.3. The topological polar surface area (TPSA) is 112 Å². The van der Waals surface area contributed by atoms with Gasteiger partial charge in [0.05, 0.1) is 24.8 Å². The van der Waals surface area contributed by atoms with Gasteiger partial charge in [0.15, 0.2) is 23.0 Å². The average molecular weight is 623 g/mol. The minimum Gasteiger partial charge on any atom is -0.476 e. The predicted octanol–water partition coefficient (Wildman–Crippen LogP) is 6.15. The van der Waals surface area contributed by atoms with Crippen molar-refractivity contribution in [3.05, 3.63) is 81.6 Å². The summed E-state index contributed by atoms with van der Waals surface area (Å²) in [6.45, 7) is 7.41. The maximum absolute atomic E-state index is 14.8. The highest BCUT2D eigenvalue weighted by Crippen LogP contribution is 2.50. The summed E-state index contributed by atoms with van der Waals surface area (Å²) in [7, 11) is 0. The third-order valence-electron chi connectivity index (χ3n) is 8.87. The van der Waals surface area contributed by atoms with Crippen LogP contribution in [0.15, 0.2) is 47.0 Å². The van der Waals surface area contributed by atoms with Gasteiger partial charge < -0.3 is 28.4 Å². The number of carboxylic acids is 1. The summed E-state index contributed by atoms with van der Waals surface area (Å²) in [5.74, 6) is -0.211. The van der Waals surface area contributed by atoms with Crippen molar-refractivity contribution < 1.29 is 33.0 Å². The Balaban J connectivity index is 1.07. The Bertz CT molecular complexity index is 1730. The molecule has 0 saturated carbocycles. The van der Waals surface area contributed by atoms with Gasteiger partial charge in [-0.1, -0.05) is 28.9 Å². The first kappa shape index (κ1) is 28.8. The maximum Gasteiger partial charge on any atom is 0.358 e. The number of nitrogens with zero attached hydrogens (tertiary/aromatic N) is 4. The minimum absolute atomic E-state index is 0.124. The highest BCUT2D eigenvalue weighted by molar-refractivity contribution is 6.30. The number of carboxylic acid groups (broad SMARTS) is 1. The maximum atomic E-state index is 14.8. The highest BCUT2D eigenvalue weighted by Gasteiger charge is 2.43. The number of fused-ring (bicyclic) bond motifs is 1. The zero-order valence-corrected chi connectivity index (χ0v) is 25.1. The first-order valence-electron chi connectivity index (χ1n) is 14.8. The van der Waals surface area contributed by atoms with E-state index in [1.165, 1.54) is 12.1 Å². The molecule has 2 saturated heterocycles. The van der Waals surface area contributed by atoms with E-state index in [4.69, 9.17) is 35.3 Å². The molecule has 4 aromatic rings. The molecule has 2 aromatic heterocycles. The van der Waals surface area contributed by atoms with E-state index in [1.807, 2.05) is 19.1 Å². The van der Waals surface area contributed by atoms with E-state index in [2.05, 4.69) is 20.7 Å². The van der Waals surface area contributed by atoms with Crippen molar-refractivity contribution in [2.24, 2.45) is 0 Å². The van der Waals surface area contributed by atoms with Crippen molar-refractivity contribution in [3.63, 3.8) is 0 Å². The number of piperidine rings is 1. The summed E-state index contributed by atoms with van der Waals surface area (Å²) in [5.41, 5.74) is 2.67. The van der Waals surface area contributed by atoms with Crippen LogP contribution in [0.5, 0.6) is 11.5 Å². The van der Waals surface area contributed by atoms with Crippen molar-refractivity contribution >= 4 is 17.6 Å². The number of likely N-dealkylation sites (tertiary alicyclic amines) is 1. The van der Waals surface area contributed by atoms with Crippen LogP contribution in [0.3, 0.4) is 0 Å². The molecule has 44 heavy (non-hydrogen) atoms. The summed E-state index contributed by atoms with van der Waals surface area (Å²) in [6.07, 6.45) is 2.90. The highest BCUT2D eigenvalue weighted by atomic mass is 35.5. The van der Waals surface area contributed by atoms with Crippen LogP contribution in [-0.4, -0.2) is 56.5 Å². The fraction of sp³-hybridized carbons (Fsp3) is 0.406. The first-order valence-corrected chi connectivity index (χ1v) is 15.1. The number of hydrogen-bond donors (Lipinski definition) is 1. The minimum atomic E-state index is -1.29. The number of hydrogen-bond acceptors (Lipinski definition) is 8. The van der Waals surface area contributed by atoms with Crippen molar-refractivity contribution in [2.75, 3.05) is 19.7 Å². The Kier molecular flexibility index (Phi) is 7.34. The lowest BCUT2D eigenvalue weighted by molar-refractivity contribution is -0.0712. The van der Waals surface area contributed by atoms with Gasteiger partial charge in [-0.15, -0.1) is 0 Å². The third kappa shape index (κ3) is 5.22. The van der Waals surface area contributed by atoms with Crippen LogP contribution >= 0.6 is 11.6 Å². The second-order valence-electron chi connectivity index (χ2n) is 11.7. The van der Waals surface area contributed by atoms with Gasteiger partial charge in [0.2, 0.25) is 0 Å². The number of imidazole rings is 1. The van der Waals surface area contributed by atoms with Crippen molar-refractivity contribution in [3.8, 4) is 23.0 Å². The Morgan fingerprint density at radius 2 is 1.95 bits per heavy atom. The molecular weight excluding hydrogens is 591 g/mol. The van der Waals surface area contributed by atoms with Gasteiger partial charge in [-0.25, -0.2) is 14.2 Å². The fourth-order valence-electron chi connectivity index (χ4n) is 6.35. The van der Waals surface area contributed by atoms with Gasteiger partial charge in [0.1, 0.15) is 17.3 Å². The number of rotatable bonds is 8. The number of ether oxygens (including phenoxy) is 3. The number of aromatic carboxylic acids is 1. The molecule has 0 bridgehead atoms. The molecule has 2 aromatic carbocycles. The van der Waals surface area contributed by atoms with E-state index in [0.717, 1.165) is 56.0 Å². The van der Waals surface area contributed by atoms with E-state index in [9.17, 15) is 14.3 Å². The largest absolute Gasteiger partial charge is 0.476 e. The number of halogens is 2. The lowest BCUT2D eigenvalue weighted by Crippen LogP contribution is -2.35. The Morgan fingerprint density at radius 1 is 1.16 bits per heavy atom. The Hall–Kier alpha value is -3.93. The molecule has 5 heterocycles. The molecule has 0 amide bonds. The summed E-state index contributed by atoms with van der Waals surface area (Å²) >= 11 is 5.97. The van der Waals surface area contributed by atoms with Crippen LogP contribution in [0.4, 0.5) is 4.39 Å². The molecule has 12 heteroatoms. The summed E-state index contributed by atoms with van der Waals surface area (Å²) in [4.78, 5) is 18.6. The molecule has 0 spiro atoms.